The first-order valence-electron chi connectivity index (χ1n) is 10.0. The van der Waals surface area contributed by atoms with Crippen molar-refractivity contribution in [1.29, 1.82) is 0 Å². The predicted octanol–water partition coefficient (Wildman–Crippen LogP) is 2.40. The van der Waals surface area contributed by atoms with Crippen LogP contribution in [-0.2, 0) is 10.3 Å². The second kappa shape index (κ2) is 8.53. The van der Waals surface area contributed by atoms with E-state index in [0.717, 1.165) is 0 Å². The van der Waals surface area contributed by atoms with Gasteiger partial charge in [-0.05, 0) is 17.7 Å². The van der Waals surface area contributed by atoms with Crippen molar-refractivity contribution < 1.29 is 19.5 Å². The molecule has 1 aliphatic heterocycles. The molecule has 0 aromatic heterocycles. The summed E-state index contributed by atoms with van der Waals surface area (Å²) < 4.78 is 0. The van der Waals surface area contributed by atoms with E-state index in [9.17, 15) is 19.5 Å². The molecule has 0 saturated carbocycles. The van der Waals surface area contributed by atoms with Gasteiger partial charge in [-0.25, -0.2) is 0 Å². The van der Waals surface area contributed by atoms with Crippen molar-refractivity contribution in [3.05, 3.63) is 108 Å². The minimum atomic E-state index is -1.45. The second-order valence-corrected chi connectivity index (χ2v) is 7.31. The van der Waals surface area contributed by atoms with Gasteiger partial charge in [0.05, 0.1) is 6.61 Å². The number of likely N-dealkylation sites (tertiary alicyclic amines) is 1. The molecule has 31 heavy (non-hydrogen) atoms. The van der Waals surface area contributed by atoms with Crippen molar-refractivity contribution in [2.75, 3.05) is 13.2 Å². The van der Waals surface area contributed by atoms with Gasteiger partial charge in [-0.15, -0.1) is 0 Å². The van der Waals surface area contributed by atoms with Gasteiger partial charge in [-0.1, -0.05) is 78.9 Å². The first-order valence-corrected chi connectivity index (χ1v) is 10.0. The van der Waals surface area contributed by atoms with Crippen LogP contribution in [0.3, 0.4) is 0 Å². The number of benzene rings is 3. The van der Waals surface area contributed by atoms with Crippen LogP contribution in [-0.4, -0.2) is 46.8 Å². The molecule has 6 heteroatoms. The quantitative estimate of drug-likeness (QED) is 0.459. The fourth-order valence-corrected chi connectivity index (χ4v) is 4.16. The number of β-lactam (4-membered cyclic amide) rings is 1. The number of aliphatic hydroxyl groups is 1. The summed E-state index contributed by atoms with van der Waals surface area (Å²) in [4.78, 5) is 41.2. The highest BCUT2D eigenvalue weighted by Crippen LogP contribution is 2.44. The molecule has 2 amide bonds. The Kier molecular flexibility index (Phi) is 5.64. The summed E-state index contributed by atoms with van der Waals surface area (Å²) in [5.74, 6) is -1.17. The zero-order chi connectivity index (χ0) is 21.8. The summed E-state index contributed by atoms with van der Waals surface area (Å²) in [7, 11) is 0. The van der Waals surface area contributed by atoms with Crippen molar-refractivity contribution in [3.63, 3.8) is 0 Å². The van der Waals surface area contributed by atoms with E-state index < -0.39 is 23.4 Å². The molecule has 2 N–H and O–H groups in total. The van der Waals surface area contributed by atoms with Gasteiger partial charge in [0.2, 0.25) is 5.91 Å². The number of ketones is 1. The summed E-state index contributed by atoms with van der Waals surface area (Å²) in [6.07, 6.45) is 0. The molecular formula is C25H22N2O4. The molecule has 3 aromatic carbocycles. The van der Waals surface area contributed by atoms with E-state index in [2.05, 4.69) is 5.32 Å². The summed E-state index contributed by atoms with van der Waals surface area (Å²) in [5.41, 5.74) is -0.0617. The molecule has 6 nitrogen and oxygen atoms in total. The Labute approximate surface area is 180 Å². The number of rotatable bonds is 7. The van der Waals surface area contributed by atoms with E-state index in [1.807, 2.05) is 6.07 Å². The number of hydrogen-bond acceptors (Lipinski definition) is 4. The van der Waals surface area contributed by atoms with Gasteiger partial charge in [0.25, 0.3) is 5.91 Å². The number of nitrogens with one attached hydrogen (secondary N) is 1. The van der Waals surface area contributed by atoms with Gasteiger partial charge in [0, 0.05) is 17.7 Å². The van der Waals surface area contributed by atoms with Crippen LogP contribution >= 0.6 is 0 Å². The standard InChI is InChI=1S/C25H22N2O4/c28-17-16-27-24(31)21(26-23(30)19-12-6-2-7-13-19)25(27,20-14-8-3-9-15-20)22(29)18-10-4-1-5-11-18/h1-15,21,28H,16-17H2,(H,26,30). The average molecular weight is 414 g/mol. The molecule has 4 rings (SSSR count). The van der Waals surface area contributed by atoms with E-state index in [-0.39, 0.29) is 18.9 Å². The number of aliphatic hydroxyl groups excluding tert-OH is 1. The van der Waals surface area contributed by atoms with E-state index in [0.29, 0.717) is 16.7 Å². The van der Waals surface area contributed by atoms with Crippen molar-refractivity contribution >= 4 is 17.6 Å². The normalized spacial score (nSPS) is 20.1. The first-order chi connectivity index (χ1) is 15.1. The monoisotopic (exact) mass is 414 g/mol. The molecule has 0 radical (unpaired) electrons. The van der Waals surface area contributed by atoms with Crippen LogP contribution in [0.25, 0.3) is 0 Å². The Morgan fingerprint density at radius 3 is 1.90 bits per heavy atom. The average Bonchev–Trinajstić information content (AvgIpc) is 2.84. The highest BCUT2D eigenvalue weighted by molar-refractivity contribution is 6.15. The van der Waals surface area contributed by atoms with Crippen LogP contribution in [0.5, 0.6) is 0 Å². The molecule has 3 aromatic rings. The molecular weight excluding hydrogens is 392 g/mol. The third-order valence-corrected chi connectivity index (χ3v) is 5.59. The van der Waals surface area contributed by atoms with Gasteiger partial charge in [0.15, 0.2) is 11.3 Å². The Bertz CT molecular complexity index is 1090. The van der Waals surface area contributed by atoms with Gasteiger partial charge in [-0.3, -0.25) is 14.4 Å². The number of nitrogens with zero attached hydrogens (tertiary/aromatic N) is 1. The minimum Gasteiger partial charge on any atom is -0.395 e. The zero-order valence-corrected chi connectivity index (χ0v) is 16.8. The molecule has 1 heterocycles. The first kappa shape index (κ1) is 20.5. The van der Waals surface area contributed by atoms with Crippen LogP contribution in [0, 0.1) is 0 Å². The molecule has 0 aliphatic carbocycles. The lowest BCUT2D eigenvalue weighted by Crippen LogP contribution is -2.80. The lowest BCUT2D eigenvalue weighted by Gasteiger charge is -2.56. The Morgan fingerprint density at radius 2 is 1.35 bits per heavy atom. The lowest BCUT2D eigenvalue weighted by molar-refractivity contribution is -0.160. The minimum absolute atomic E-state index is 0.0238. The van der Waals surface area contributed by atoms with Gasteiger partial charge in [-0.2, -0.15) is 0 Å². The molecule has 1 saturated heterocycles. The van der Waals surface area contributed by atoms with Gasteiger partial charge in [0.1, 0.15) is 6.04 Å². The molecule has 0 spiro atoms. The third-order valence-electron chi connectivity index (χ3n) is 5.59. The maximum atomic E-state index is 13.9. The van der Waals surface area contributed by atoms with Gasteiger partial charge >= 0.3 is 0 Å². The van der Waals surface area contributed by atoms with Crippen LogP contribution in [0.15, 0.2) is 91.0 Å². The van der Waals surface area contributed by atoms with Crippen molar-refractivity contribution in [1.82, 2.24) is 10.2 Å². The summed E-state index contributed by atoms with van der Waals surface area (Å²) in [6.45, 7) is -0.328. The Balaban J connectivity index is 1.83. The predicted molar refractivity (Wildman–Crippen MR) is 115 cm³/mol. The second-order valence-electron chi connectivity index (χ2n) is 7.31. The molecule has 2 unspecified atom stereocenters. The third kappa shape index (κ3) is 3.41. The van der Waals surface area contributed by atoms with E-state index >= 15 is 0 Å². The molecule has 0 bridgehead atoms. The zero-order valence-electron chi connectivity index (χ0n) is 16.8. The maximum absolute atomic E-state index is 13.9. The fourth-order valence-electron chi connectivity index (χ4n) is 4.16. The molecule has 156 valence electrons. The number of Topliss-reactive ketones (excluding diaryl/α,β-unsaturated/α-hetero) is 1. The Hall–Kier alpha value is -3.77. The summed E-state index contributed by atoms with van der Waals surface area (Å²) >= 11 is 0. The van der Waals surface area contributed by atoms with Crippen molar-refractivity contribution in [2.24, 2.45) is 0 Å². The fraction of sp³-hybridized carbons (Fsp3) is 0.160. The van der Waals surface area contributed by atoms with Crippen LogP contribution in [0.2, 0.25) is 0 Å². The number of β-amino-alcohol motifs (C(OH)–C–C–N with tert-alkyl or cyclic N) is 1. The van der Waals surface area contributed by atoms with E-state index in [1.54, 1.807) is 84.9 Å². The summed E-state index contributed by atoms with van der Waals surface area (Å²) in [6, 6.07) is 25.0. The molecule has 2 atom stereocenters. The SMILES string of the molecule is O=C(NC1C(=O)N(CCO)C1(C(=O)c1ccccc1)c1ccccc1)c1ccccc1. The van der Waals surface area contributed by atoms with E-state index in [4.69, 9.17) is 0 Å². The highest BCUT2D eigenvalue weighted by Gasteiger charge is 2.66. The van der Waals surface area contributed by atoms with Gasteiger partial charge < -0.3 is 15.3 Å². The largest absolute Gasteiger partial charge is 0.395 e. The van der Waals surface area contributed by atoms with Crippen molar-refractivity contribution in [3.8, 4) is 0 Å². The number of carbonyl (C=O) groups excluding carboxylic acids is 3. The Morgan fingerprint density at radius 1 is 0.839 bits per heavy atom. The maximum Gasteiger partial charge on any atom is 0.252 e. The lowest BCUT2D eigenvalue weighted by atomic mass is 9.68. The smallest absolute Gasteiger partial charge is 0.252 e. The van der Waals surface area contributed by atoms with Crippen LogP contribution in [0.4, 0.5) is 0 Å². The number of carbonyl (C=O) groups is 3. The number of amides is 2. The van der Waals surface area contributed by atoms with Crippen LogP contribution in [0.1, 0.15) is 26.3 Å². The van der Waals surface area contributed by atoms with Crippen molar-refractivity contribution in [2.45, 2.75) is 11.6 Å². The number of hydrogen-bond donors (Lipinski definition) is 2. The summed E-state index contributed by atoms with van der Waals surface area (Å²) in [5, 5.41) is 12.4. The molecule has 1 aliphatic rings. The topological polar surface area (TPSA) is 86.7 Å². The van der Waals surface area contributed by atoms with E-state index in [1.165, 1.54) is 4.90 Å². The highest BCUT2D eigenvalue weighted by atomic mass is 16.3. The van der Waals surface area contributed by atoms with Crippen LogP contribution < -0.4 is 5.32 Å². The molecule has 1 fully saturated rings.